The first kappa shape index (κ1) is 13.2. The second kappa shape index (κ2) is 5.73. The Morgan fingerprint density at radius 2 is 2.29 bits per heavy atom. The van der Waals surface area contributed by atoms with Crippen LogP contribution in [0.15, 0.2) is 18.3 Å². The molecular weight excluding hydrogens is 264 g/mol. The highest BCUT2D eigenvalue weighted by atomic mass is 16.5. The quantitative estimate of drug-likeness (QED) is 0.920. The Morgan fingerprint density at radius 1 is 1.29 bits per heavy atom. The number of aromatic nitrogens is 3. The first-order valence-electron chi connectivity index (χ1n) is 8.05. The van der Waals surface area contributed by atoms with Crippen molar-refractivity contribution in [3.05, 3.63) is 24.2 Å². The number of hydrogen-bond acceptors (Lipinski definition) is 4. The van der Waals surface area contributed by atoms with Crippen LogP contribution in [0.4, 0.5) is 0 Å². The van der Waals surface area contributed by atoms with E-state index in [0.717, 1.165) is 43.9 Å². The molecule has 0 saturated carbocycles. The van der Waals surface area contributed by atoms with E-state index in [-0.39, 0.29) is 0 Å². The molecule has 2 aromatic rings. The summed E-state index contributed by atoms with van der Waals surface area (Å²) in [5, 5.41) is 3.51. The summed E-state index contributed by atoms with van der Waals surface area (Å²) < 4.78 is 8.08. The van der Waals surface area contributed by atoms with Gasteiger partial charge in [-0.25, -0.2) is 9.97 Å². The first-order chi connectivity index (χ1) is 10.4. The fourth-order valence-electron chi connectivity index (χ4n) is 3.59. The number of fused-ring (bicyclic) bond motifs is 1. The van der Waals surface area contributed by atoms with Gasteiger partial charge >= 0.3 is 0 Å². The van der Waals surface area contributed by atoms with Crippen molar-refractivity contribution in [2.75, 3.05) is 26.3 Å². The highest BCUT2D eigenvalue weighted by Gasteiger charge is 2.27. The monoisotopic (exact) mass is 286 g/mol. The lowest BCUT2D eigenvalue weighted by molar-refractivity contribution is 0.0764. The Hall–Kier alpha value is -1.46. The van der Waals surface area contributed by atoms with Crippen molar-refractivity contribution in [2.24, 2.45) is 0 Å². The molecule has 5 nitrogen and oxygen atoms in total. The molecule has 0 radical (unpaired) electrons. The number of piperidine rings is 1. The standard InChI is InChI=1S/C16H22N4O/c1-5-13(10-17-7-1)20-15(12-4-3-9-21-11-12)19-14-6-2-8-18-16(14)20/h2,6,8,12-13,17H,1,3-5,7,9-11H2. The van der Waals surface area contributed by atoms with Crippen molar-refractivity contribution < 1.29 is 4.74 Å². The lowest BCUT2D eigenvalue weighted by atomic mass is 10.00. The van der Waals surface area contributed by atoms with Crippen LogP contribution < -0.4 is 5.32 Å². The van der Waals surface area contributed by atoms with Crippen molar-refractivity contribution in [2.45, 2.75) is 37.6 Å². The van der Waals surface area contributed by atoms with E-state index in [4.69, 9.17) is 9.72 Å². The molecule has 2 aromatic heterocycles. The van der Waals surface area contributed by atoms with Gasteiger partial charge in [0.1, 0.15) is 11.3 Å². The summed E-state index contributed by atoms with van der Waals surface area (Å²) in [7, 11) is 0. The van der Waals surface area contributed by atoms with Crippen LogP contribution in [-0.4, -0.2) is 40.8 Å². The number of ether oxygens (including phenoxy) is 1. The van der Waals surface area contributed by atoms with E-state index in [2.05, 4.69) is 20.9 Å². The fourth-order valence-corrected chi connectivity index (χ4v) is 3.59. The largest absolute Gasteiger partial charge is 0.381 e. The van der Waals surface area contributed by atoms with Crippen LogP contribution in [0.25, 0.3) is 11.2 Å². The second-order valence-corrected chi connectivity index (χ2v) is 6.10. The van der Waals surface area contributed by atoms with Crippen LogP contribution in [-0.2, 0) is 4.74 Å². The molecule has 0 spiro atoms. The van der Waals surface area contributed by atoms with Crippen LogP contribution in [0.2, 0.25) is 0 Å². The summed E-state index contributed by atoms with van der Waals surface area (Å²) in [4.78, 5) is 9.51. The van der Waals surface area contributed by atoms with Crippen molar-refractivity contribution >= 4 is 11.2 Å². The number of nitrogens with one attached hydrogen (secondary N) is 1. The predicted octanol–water partition coefficient (Wildman–Crippen LogP) is 2.25. The van der Waals surface area contributed by atoms with Gasteiger partial charge < -0.3 is 14.6 Å². The summed E-state index contributed by atoms with van der Waals surface area (Å²) in [6, 6.07) is 4.51. The summed E-state index contributed by atoms with van der Waals surface area (Å²) in [6.45, 7) is 3.82. The van der Waals surface area contributed by atoms with Crippen LogP contribution in [0, 0.1) is 0 Å². The Labute approximate surface area is 124 Å². The highest BCUT2D eigenvalue weighted by Crippen LogP contribution is 2.31. The van der Waals surface area contributed by atoms with Gasteiger partial charge in [0.25, 0.3) is 0 Å². The molecule has 2 unspecified atom stereocenters. The maximum absolute atomic E-state index is 5.69. The van der Waals surface area contributed by atoms with Gasteiger partial charge in [-0.05, 0) is 44.4 Å². The number of rotatable bonds is 2. The van der Waals surface area contributed by atoms with E-state index >= 15 is 0 Å². The molecule has 2 atom stereocenters. The number of pyridine rings is 1. The molecule has 0 aromatic carbocycles. The lowest BCUT2D eigenvalue weighted by Gasteiger charge is -2.29. The summed E-state index contributed by atoms with van der Waals surface area (Å²) >= 11 is 0. The first-order valence-corrected chi connectivity index (χ1v) is 8.05. The average Bonchev–Trinajstić information content (AvgIpc) is 2.96. The van der Waals surface area contributed by atoms with Gasteiger partial charge in [0.15, 0.2) is 5.65 Å². The molecule has 0 bridgehead atoms. The molecule has 21 heavy (non-hydrogen) atoms. The van der Waals surface area contributed by atoms with Crippen molar-refractivity contribution in [3.8, 4) is 0 Å². The van der Waals surface area contributed by atoms with Crippen molar-refractivity contribution in [3.63, 3.8) is 0 Å². The normalized spacial score (nSPS) is 27.0. The van der Waals surface area contributed by atoms with Crippen LogP contribution >= 0.6 is 0 Å². The third kappa shape index (κ3) is 2.45. The Kier molecular flexibility index (Phi) is 3.61. The summed E-state index contributed by atoms with van der Waals surface area (Å²) in [5.74, 6) is 1.59. The molecular formula is C16H22N4O. The molecule has 1 N–H and O–H groups in total. The molecule has 0 amide bonds. The third-order valence-corrected chi connectivity index (χ3v) is 4.64. The zero-order valence-corrected chi connectivity index (χ0v) is 12.3. The van der Waals surface area contributed by atoms with E-state index < -0.39 is 0 Å². The Balaban J connectivity index is 1.79. The minimum Gasteiger partial charge on any atom is -0.381 e. The van der Waals surface area contributed by atoms with Crippen LogP contribution in [0.1, 0.15) is 43.5 Å². The molecule has 0 aliphatic carbocycles. The molecule has 2 fully saturated rings. The lowest BCUT2D eigenvalue weighted by Crippen LogP contribution is -2.33. The zero-order valence-electron chi connectivity index (χ0n) is 12.3. The van der Waals surface area contributed by atoms with Gasteiger partial charge in [-0.15, -0.1) is 0 Å². The minimum atomic E-state index is 0.412. The molecule has 4 heterocycles. The van der Waals surface area contributed by atoms with Gasteiger partial charge in [0.2, 0.25) is 0 Å². The van der Waals surface area contributed by atoms with Crippen LogP contribution in [0.5, 0.6) is 0 Å². The van der Waals surface area contributed by atoms with Gasteiger partial charge in [-0.3, -0.25) is 0 Å². The van der Waals surface area contributed by atoms with E-state index in [1.165, 1.54) is 25.1 Å². The molecule has 5 heteroatoms. The molecule has 2 saturated heterocycles. The van der Waals surface area contributed by atoms with E-state index in [1.807, 2.05) is 12.3 Å². The fraction of sp³-hybridized carbons (Fsp3) is 0.625. The van der Waals surface area contributed by atoms with Gasteiger partial charge in [0.05, 0.1) is 6.61 Å². The number of nitrogens with zero attached hydrogens (tertiary/aromatic N) is 3. The predicted molar refractivity (Wildman–Crippen MR) is 81.5 cm³/mol. The molecule has 112 valence electrons. The Bertz CT molecular complexity index is 612. The number of imidazole rings is 1. The minimum absolute atomic E-state index is 0.412. The van der Waals surface area contributed by atoms with E-state index in [1.54, 1.807) is 0 Å². The maximum Gasteiger partial charge on any atom is 0.160 e. The highest BCUT2D eigenvalue weighted by molar-refractivity contribution is 5.71. The third-order valence-electron chi connectivity index (χ3n) is 4.64. The topological polar surface area (TPSA) is 52.0 Å². The molecule has 4 rings (SSSR count). The molecule has 2 aliphatic rings. The summed E-state index contributed by atoms with van der Waals surface area (Å²) in [5.41, 5.74) is 2.05. The molecule has 2 aliphatic heterocycles. The smallest absolute Gasteiger partial charge is 0.160 e. The van der Waals surface area contributed by atoms with Crippen molar-refractivity contribution in [1.29, 1.82) is 0 Å². The van der Waals surface area contributed by atoms with Gasteiger partial charge in [-0.2, -0.15) is 0 Å². The average molecular weight is 286 g/mol. The summed E-state index contributed by atoms with van der Waals surface area (Å²) in [6.07, 6.45) is 6.60. The van der Waals surface area contributed by atoms with E-state index in [9.17, 15) is 0 Å². The van der Waals surface area contributed by atoms with E-state index in [0.29, 0.717) is 12.0 Å². The Morgan fingerprint density at radius 3 is 3.10 bits per heavy atom. The van der Waals surface area contributed by atoms with Gasteiger partial charge in [0, 0.05) is 31.3 Å². The second-order valence-electron chi connectivity index (χ2n) is 6.10. The van der Waals surface area contributed by atoms with Crippen molar-refractivity contribution in [1.82, 2.24) is 19.9 Å². The maximum atomic E-state index is 5.69. The SMILES string of the molecule is c1cnc2c(c1)nc(C1CCCOC1)n2C1CCCNC1. The van der Waals surface area contributed by atoms with Crippen LogP contribution in [0.3, 0.4) is 0 Å². The number of hydrogen-bond donors (Lipinski definition) is 1. The zero-order chi connectivity index (χ0) is 14.1. The van der Waals surface area contributed by atoms with Gasteiger partial charge in [-0.1, -0.05) is 0 Å².